The van der Waals surface area contributed by atoms with Crippen LogP contribution < -0.4 is 5.32 Å². The molecule has 162 valence electrons. The summed E-state index contributed by atoms with van der Waals surface area (Å²) in [7, 11) is 0. The van der Waals surface area contributed by atoms with E-state index in [4.69, 9.17) is 0 Å². The van der Waals surface area contributed by atoms with Crippen LogP contribution in [0, 0.1) is 5.92 Å². The normalized spacial score (nSPS) is 27.7. The Bertz CT molecular complexity index is 978. The van der Waals surface area contributed by atoms with Crippen LogP contribution in [-0.2, 0) is 17.6 Å². The first-order valence-electron chi connectivity index (χ1n) is 12.2. The molecule has 0 aromatic heterocycles. The number of aryl methyl sites for hydroxylation is 1. The van der Waals surface area contributed by atoms with E-state index in [9.17, 15) is 4.79 Å². The van der Waals surface area contributed by atoms with Crippen LogP contribution in [0.25, 0.3) is 0 Å². The van der Waals surface area contributed by atoms with E-state index in [-0.39, 0.29) is 11.8 Å². The zero-order chi connectivity index (χ0) is 20.8. The highest BCUT2D eigenvalue weighted by Gasteiger charge is 2.38. The van der Waals surface area contributed by atoms with Gasteiger partial charge in [-0.15, -0.1) is 0 Å². The Balaban J connectivity index is 0.990. The van der Waals surface area contributed by atoms with E-state index in [1.165, 1.54) is 69.5 Å². The molecule has 0 radical (unpaired) electrons. The molecule has 6 rings (SSSR count). The van der Waals surface area contributed by atoms with Gasteiger partial charge < -0.3 is 10.2 Å². The number of hydrogen-bond donors (Lipinski definition) is 1. The quantitative estimate of drug-likeness (QED) is 0.788. The summed E-state index contributed by atoms with van der Waals surface area (Å²) in [6, 6.07) is 16.1. The summed E-state index contributed by atoms with van der Waals surface area (Å²) in [6.45, 7) is 5.98. The Morgan fingerprint density at radius 3 is 2.71 bits per heavy atom. The second kappa shape index (κ2) is 8.07. The lowest BCUT2D eigenvalue weighted by molar-refractivity contribution is -0.117. The van der Waals surface area contributed by atoms with Crippen LogP contribution in [0.5, 0.6) is 0 Å². The molecule has 0 spiro atoms. The first kappa shape index (κ1) is 19.5. The van der Waals surface area contributed by atoms with Crippen molar-refractivity contribution in [2.24, 2.45) is 5.92 Å². The van der Waals surface area contributed by atoms with Crippen molar-refractivity contribution < 1.29 is 4.79 Å². The van der Waals surface area contributed by atoms with Gasteiger partial charge in [-0.1, -0.05) is 36.4 Å². The minimum atomic E-state index is 0.0998. The minimum absolute atomic E-state index is 0.0998. The van der Waals surface area contributed by atoms with Crippen molar-refractivity contribution in [2.75, 3.05) is 38.0 Å². The molecule has 1 amide bonds. The largest absolute Gasteiger partial charge is 0.325 e. The number of carbonyl (C=O) groups excluding carboxylic acids is 1. The van der Waals surface area contributed by atoms with Crippen molar-refractivity contribution in [2.45, 2.75) is 50.5 Å². The van der Waals surface area contributed by atoms with Crippen LogP contribution in [0.3, 0.4) is 0 Å². The van der Waals surface area contributed by atoms with Gasteiger partial charge in [-0.2, -0.15) is 0 Å². The molecule has 1 saturated heterocycles. The third kappa shape index (κ3) is 3.60. The summed E-state index contributed by atoms with van der Waals surface area (Å²) in [4.78, 5) is 17.8. The number of amides is 1. The highest BCUT2D eigenvalue weighted by Crippen LogP contribution is 2.45. The molecule has 3 atom stereocenters. The van der Waals surface area contributed by atoms with Crippen molar-refractivity contribution in [1.82, 2.24) is 9.80 Å². The summed E-state index contributed by atoms with van der Waals surface area (Å²) in [5.74, 6) is 0.965. The molecular weight excluding hydrogens is 382 g/mol. The molecule has 0 saturated carbocycles. The SMILES string of the molecule is O=C1Nc2cccc3c2C1CC(CCCN1CCN(C2CCc4ccccc42)CC1)C3. The van der Waals surface area contributed by atoms with Crippen LogP contribution in [0.1, 0.15) is 59.9 Å². The van der Waals surface area contributed by atoms with Crippen molar-refractivity contribution in [3.63, 3.8) is 0 Å². The Labute approximate surface area is 185 Å². The number of carbonyl (C=O) groups is 1. The van der Waals surface area contributed by atoms with E-state index >= 15 is 0 Å². The van der Waals surface area contributed by atoms with E-state index < -0.39 is 0 Å². The van der Waals surface area contributed by atoms with Crippen molar-refractivity contribution >= 4 is 11.6 Å². The molecule has 4 nitrogen and oxygen atoms in total. The Hall–Kier alpha value is -2.17. The third-order valence-corrected chi connectivity index (χ3v) is 8.23. The highest BCUT2D eigenvalue weighted by molar-refractivity contribution is 6.03. The second-order valence-electron chi connectivity index (χ2n) is 10.00. The van der Waals surface area contributed by atoms with Crippen LogP contribution in [-0.4, -0.2) is 48.4 Å². The standard InChI is InChI=1S/C27H33N3O/c31-27-23-18-19(17-21-7-3-9-24(28-27)26(21)23)5-4-12-29-13-15-30(16-14-29)25-11-10-20-6-1-2-8-22(20)25/h1-3,6-9,19,23,25H,4-5,10-18H2,(H,28,31). The lowest BCUT2D eigenvalue weighted by atomic mass is 9.76. The molecule has 2 aliphatic heterocycles. The van der Waals surface area contributed by atoms with Gasteiger partial charge in [0.15, 0.2) is 0 Å². The minimum Gasteiger partial charge on any atom is -0.325 e. The average molecular weight is 416 g/mol. The molecular formula is C27H33N3O. The fourth-order valence-electron chi connectivity index (χ4n) is 6.65. The van der Waals surface area contributed by atoms with Crippen LogP contribution in [0.15, 0.2) is 42.5 Å². The molecule has 3 unspecified atom stereocenters. The third-order valence-electron chi connectivity index (χ3n) is 8.23. The second-order valence-corrected chi connectivity index (χ2v) is 10.00. The molecule has 0 bridgehead atoms. The summed E-state index contributed by atoms with van der Waals surface area (Å²) in [6.07, 6.45) is 7.20. The van der Waals surface area contributed by atoms with E-state index in [0.717, 1.165) is 18.5 Å². The first-order valence-corrected chi connectivity index (χ1v) is 12.2. The smallest absolute Gasteiger partial charge is 0.232 e. The molecule has 2 aromatic rings. The molecule has 1 fully saturated rings. The number of nitrogens with one attached hydrogen (secondary N) is 1. The lowest BCUT2D eigenvalue weighted by Crippen LogP contribution is -2.47. The van der Waals surface area contributed by atoms with E-state index in [1.807, 2.05) is 0 Å². The molecule has 2 heterocycles. The maximum absolute atomic E-state index is 12.4. The number of piperazine rings is 1. The Morgan fingerprint density at radius 1 is 0.968 bits per heavy atom. The van der Waals surface area contributed by atoms with Gasteiger partial charge in [-0.25, -0.2) is 0 Å². The van der Waals surface area contributed by atoms with Crippen molar-refractivity contribution in [3.8, 4) is 0 Å². The van der Waals surface area contributed by atoms with Gasteiger partial charge in [0.05, 0.1) is 5.92 Å². The van der Waals surface area contributed by atoms with Gasteiger partial charge in [-0.3, -0.25) is 9.69 Å². The lowest BCUT2D eigenvalue weighted by Gasteiger charge is -2.38. The van der Waals surface area contributed by atoms with Gasteiger partial charge >= 0.3 is 0 Å². The zero-order valence-corrected chi connectivity index (χ0v) is 18.4. The summed E-state index contributed by atoms with van der Waals surface area (Å²) in [5, 5.41) is 3.09. The van der Waals surface area contributed by atoms with Crippen molar-refractivity contribution in [1.29, 1.82) is 0 Å². The fraction of sp³-hybridized carbons (Fsp3) is 0.519. The topological polar surface area (TPSA) is 35.6 Å². The highest BCUT2D eigenvalue weighted by atomic mass is 16.2. The van der Waals surface area contributed by atoms with Crippen LogP contribution in [0.2, 0.25) is 0 Å². The van der Waals surface area contributed by atoms with E-state index in [0.29, 0.717) is 12.0 Å². The van der Waals surface area contributed by atoms with Crippen LogP contribution in [0.4, 0.5) is 5.69 Å². The number of fused-ring (bicyclic) bond motifs is 1. The summed E-state index contributed by atoms with van der Waals surface area (Å²) >= 11 is 0. The van der Waals surface area contributed by atoms with Gasteiger partial charge in [-0.05, 0) is 79.3 Å². The fourth-order valence-corrected chi connectivity index (χ4v) is 6.65. The number of nitrogens with zero attached hydrogens (tertiary/aromatic N) is 2. The molecule has 2 aliphatic carbocycles. The van der Waals surface area contributed by atoms with E-state index in [1.54, 1.807) is 11.1 Å². The van der Waals surface area contributed by atoms with Gasteiger partial charge in [0.2, 0.25) is 5.91 Å². The number of hydrogen-bond acceptors (Lipinski definition) is 3. The Kier molecular flexibility index (Phi) is 5.08. The summed E-state index contributed by atoms with van der Waals surface area (Å²) in [5.41, 5.74) is 6.91. The summed E-state index contributed by atoms with van der Waals surface area (Å²) < 4.78 is 0. The monoisotopic (exact) mass is 415 g/mol. The molecule has 4 heteroatoms. The predicted octanol–water partition coefficient (Wildman–Crippen LogP) is 4.37. The van der Waals surface area contributed by atoms with Gasteiger partial charge in [0, 0.05) is 37.9 Å². The zero-order valence-electron chi connectivity index (χ0n) is 18.4. The van der Waals surface area contributed by atoms with E-state index in [2.05, 4.69) is 57.6 Å². The number of rotatable bonds is 5. The molecule has 1 N–H and O–H groups in total. The number of benzene rings is 2. The Morgan fingerprint density at radius 2 is 1.81 bits per heavy atom. The van der Waals surface area contributed by atoms with Crippen molar-refractivity contribution in [3.05, 3.63) is 64.7 Å². The maximum atomic E-state index is 12.4. The molecule has 2 aromatic carbocycles. The first-order chi connectivity index (χ1) is 15.3. The number of anilines is 1. The maximum Gasteiger partial charge on any atom is 0.232 e. The van der Waals surface area contributed by atoms with Crippen LogP contribution >= 0.6 is 0 Å². The average Bonchev–Trinajstić information content (AvgIpc) is 3.37. The molecule has 31 heavy (non-hydrogen) atoms. The van der Waals surface area contributed by atoms with Gasteiger partial charge in [0.1, 0.15) is 0 Å². The molecule has 4 aliphatic rings. The predicted molar refractivity (Wildman–Crippen MR) is 124 cm³/mol. The van der Waals surface area contributed by atoms with Gasteiger partial charge in [0.25, 0.3) is 0 Å².